The van der Waals surface area contributed by atoms with Gasteiger partial charge in [-0.15, -0.1) is 11.6 Å². The number of nitrogens with zero attached hydrogens (tertiary/aromatic N) is 1. The molecule has 1 rings (SSSR count). The van der Waals surface area contributed by atoms with Gasteiger partial charge >= 0.3 is 0 Å². The van der Waals surface area contributed by atoms with Crippen molar-refractivity contribution in [3.05, 3.63) is 29.8 Å². The summed E-state index contributed by atoms with van der Waals surface area (Å²) in [6, 6.07) is 8.13. The van der Waals surface area contributed by atoms with Gasteiger partial charge in [-0.05, 0) is 50.6 Å². The van der Waals surface area contributed by atoms with Gasteiger partial charge in [-0.2, -0.15) is 0 Å². The monoisotopic (exact) mass is 283 g/mol. The van der Waals surface area contributed by atoms with Gasteiger partial charge in [0, 0.05) is 6.54 Å². The second kappa shape index (κ2) is 9.22. The summed E-state index contributed by atoms with van der Waals surface area (Å²) >= 11 is 6.52. The van der Waals surface area contributed by atoms with Crippen LogP contribution < -0.4 is 4.74 Å². The number of rotatable bonds is 9. The zero-order chi connectivity index (χ0) is 14.1. The molecule has 0 spiro atoms. The molecule has 1 atom stereocenters. The number of benzene rings is 1. The van der Waals surface area contributed by atoms with Gasteiger partial charge in [-0.3, -0.25) is 0 Å². The molecule has 19 heavy (non-hydrogen) atoms. The van der Waals surface area contributed by atoms with Crippen LogP contribution in [0.2, 0.25) is 0 Å². The third-order valence-corrected chi connectivity index (χ3v) is 3.44. The zero-order valence-corrected chi connectivity index (χ0v) is 13.1. The van der Waals surface area contributed by atoms with Gasteiger partial charge in [0.15, 0.2) is 0 Å². The smallest absolute Gasteiger partial charge is 0.119 e. The second-order valence-electron chi connectivity index (χ2n) is 4.77. The minimum Gasteiger partial charge on any atom is -0.494 e. The van der Waals surface area contributed by atoms with E-state index in [0.717, 1.165) is 25.4 Å². The third kappa shape index (κ3) is 5.84. The molecule has 0 aliphatic heterocycles. The van der Waals surface area contributed by atoms with Crippen LogP contribution in [0.25, 0.3) is 0 Å². The lowest BCUT2D eigenvalue weighted by molar-refractivity contribution is 0.275. The molecule has 0 fully saturated rings. The molecule has 0 saturated heterocycles. The molecule has 1 unspecified atom stereocenters. The quantitative estimate of drug-likeness (QED) is 0.619. The van der Waals surface area contributed by atoms with Crippen molar-refractivity contribution in [1.82, 2.24) is 4.90 Å². The number of alkyl halides is 1. The summed E-state index contributed by atoms with van der Waals surface area (Å²) in [7, 11) is 0. The van der Waals surface area contributed by atoms with Gasteiger partial charge in [0.1, 0.15) is 5.75 Å². The van der Waals surface area contributed by atoms with Crippen LogP contribution in [0.15, 0.2) is 24.3 Å². The first-order valence-corrected chi connectivity index (χ1v) is 7.74. The first kappa shape index (κ1) is 16.3. The van der Waals surface area contributed by atoms with Gasteiger partial charge in [-0.25, -0.2) is 0 Å². The van der Waals surface area contributed by atoms with Crippen LogP contribution in [0.5, 0.6) is 5.75 Å². The molecule has 0 radical (unpaired) electrons. The topological polar surface area (TPSA) is 12.5 Å². The molecule has 1 aromatic rings. The van der Waals surface area contributed by atoms with Crippen molar-refractivity contribution in [2.45, 2.75) is 39.0 Å². The lowest BCUT2D eigenvalue weighted by atomic mass is 10.1. The van der Waals surface area contributed by atoms with Gasteiger partial charge < -0.3 is 9.64 Å². The number of hydrogen-bond donors (Lipinski definition) is 0. The van der Waals surface area contributed by atoms with Crippen LogP contribution in [0.1, 0.15) is 44.6 Å². The van der Waals surface area contributed by atoms with Crippen molar-refractivity contribution in [2.75, 3.05) is 26.2 Å². The highest BCUT2D eigenvalue weighted by atomic mass is 35.5. The van der Waals surface area contributed by atoms with Crippen molar-refractivity contribution in [2.24, 2.45) is 0 Å². The predicted octanol–water partition coefficient (Wildman–Crippen LogP) is 4.49. The van der Waals surface area contributed by atoms with Crippen LogP contribution in [0.3, 0.4) is 0 Å². The molecule has 0 N–H and O–H groups in total. The van der Waals surface area contributed by atoms with Crippen LogP contribution in [-0.4, -0.2) is 31.1 Å². The van der Waals surface area contributed by atoms with E-state index in [1.54, 1.807) is 0 Å². The van der Waals surface area contributed by atoms with Crippen LogP contribution in [0.4, 0.5) is 0 Å². The Labute approximate surface area is 122 Å². The summed E-state index contributed by atoms with van der Waals surface area (Å²) in [6.45, 7) is 10.3. The second-order valence-corrected chi connectivity index (χ2v) is 5.30. The fourth-order valence-electron chi connectivity index (χ4n) is 2.20. The Morgan fingerprint density at radius 3 is 2.11 bits per heavy atom. The van der Waals surface area contributed by atoms with E-state index in [4.69, 9.17) is 16.3 Å². The fourth-order valence-corrected chi connectivity index (χ4v) is 2.54. The van der Waals surface area contributed by atoms with Crippen molar-refractivity contribution >= 4 is 11.6 Å². The maximum atomic E-state index is 6.52. The minimum absolute atomic E-state index is 0.0498. The Kier molecular flexibility index (Phi) is 7.92. The van der Waals surface area contributed by atoms with Crippen molar-refractivity contribution in [3.63, 3.8) is 0 Å². The molecule has 0 aliphatic carbocycles. The largest absolute Gasteiger partial charge is 0.494 e. The van der Waals surface area contributed by atoms with E-state index >= 15 is 0 Å². The Morgan fingerprint density at radius 2 is 1.63 bits per heavy atom. The molecule has 0 amide bonds. The highest BCUT2D eigenvalue weighted by Gasteiger charge is 2.12. The average molecular weight is 284 g/mol. The van der Waals surface area contributed by atoms with Gasteiger partial charge in [0.25, 0.3) is 0 Å². The zero-order valence-electron chi connectivity index (χ0n) is 12.4. The van der Waals surface area contributed by atoms with Crippen LogP contribution in [-0.2, 0) is 0 Å². The first-order valence-electron chi connectivity index (χ1n) is 7.30. The summed E-state index contributed by atoms with van der Waals surface area (Å²) in [6.07, 6.45) is 2.35. The molecule has 2 nitrogen and oxygen atoms in total. The summed E-state index contributed by atoms with van der Waals surface area (Å²) < 4.78 is 5.45. The van der Waals surface area contributed by atoms with Crippen molar-refractivity contribution < 1.29 is 4.74 Å². The van der Waals surface area contributed by atoms with Crippen molar-refractivity contribution in [3.8, 4) is 5.75 Å². The third-order valence-electron chi connectivity index (χ3n) is 3.05. The lowest BCUT2D eigenvalue weighted by Gasteiger charge is -2.24. The maximum Gasteiger partial charge on any atom is 0.119 e. The Hall–Kier alpha value is -0.730. The SMILES string of the molecule is CCCN(CCC)CC(Cl)c1ccc(OCC)cc1. The molecular formula is C16H26ClNO. The van der Waals surface area contributed by atoms with Crippen LogP contribution >= 0.6 is 11.6 Å². The van der Waals surface area contributed by atoms with Crippen LogP contribution in [0, 0.1) is 0 Å². The normalized spacial score (nSPS) is 12.7. The number of halogens is 1. The average Bonchev–Trinajstić information content (AvgIpc) is 2.40. The van der Waals surface area contributed by atoms with E-state index in [9.17, 15) is 0 Å². The van der Waals surface area contributed by atoms with E-state index in [1.165, 1.54) is 18.4 Å². The van der Waals surface area contributed by atoms with E-state index in [2.05, 4.69) is 30.9 Å². The summed E-state index contributed by atoms with van der Waals surface area (Å²) in [5.74, 6) is 0.911. The maximum absolute atomic E-state index is 6.52. The van der Waals surface area contributed by atoms with Gasteiger partial charge in [0.05, 0.1) is 12.0 Å². The Bertz CT molecular complexity index is 333. The number of ether oxygens (including phenoxy) is 1. The van der Waals surface area contributed by atoms with E-state index < -0.39 is 0 Å². The van der Waals surface area contributed by atoms with E-state index in [0.29, 0.717) is 6.61 Å². The molecule has 0 saturated carbocycles. The molecule has 0 aromatic heterocycles. The molecular weight excluding hydrogens is 258 g/mol. The van der Waals surface area contributed by atoms with Gasteiger partial charge in [0.2, 0.25) is 0 Å². The molecule has 0 heterocycles. The minimum atomic E-state index is 0.0498. The standard InChI is InChI=1S/C16H26ClNO/c1-4-11-18(12-5-2)13-16(17)14-7-9-15(10-8-14)19-6-3/h7-10,16H,4-6,11-13H2,1-3H3. The molecule has 0 aliphatic rings. The highest BCUT2D eigenvalue weighted by Crippen LogP contribution is 2.24. The molecule has 3 heteroatoms. The van der Waals surface area contributed by atoms with Gasteiger partial charge in [-0.1, -0.05) is 26.0 Å². The van der Waals surface area contributed by atoms with E-state index in [-0.39, 0.29) is 5.38 Å². The number of hydrogen-bond acceptors (Lipinski definition) is 2. The fraction of sp³-hybridized carbons (Fsp3) is 0.625. The Morgan fingerprint density at radius 1 is 1.05 bits per heavy atom. The summed E-state index contributed by atoms with van der Waals surface area (Å²) in [5, 5.41) is 0.0498. The molecule has 108 valence electrons. The molecule has 1 aromatic carbocycles. The lowest BCUT2D eigenvalue weighted by Crippen LogP contribution is -2.28. The molecule has 0 bridgehead atoms. The van der Waals surface area contributed by atoms with Crippen molar-refractivity contribution in [1.29, 1.82) is 0 Å². The summed E-state index contributed by atoms with van der Waals surface area (Å²) in [4.78, 5) is 2.44. The Balaban J connectivity index is 2.57. The highest BCUT2D eigenvalue weighted by molar-refractivity contribution is 6.21. The predicted molar refractivity (Wildman–Crippen MR) is 83.2 cm³/mol. The summed E-state index contributed by atoms with van der Waals surface area (Å²) in [5.41, 5.74) is 1.17. The first-order chi connectivity index (χ1) is 9.21. The van der Waals surface area contributed by atoms with E-state index in [1.807, 2.05) is 19.1 Å².